The van der Waals surface area contributed by atoms with Gasteiger partial charge in [0, 0.05) is 37.6 Å². The van der Waals surface area contributed by atoms with E-state index in [9.17, 15) is 8.78 Å². The molecule has 5 nitrogen and oxygen atoms in total. The van der Waals surface area contributed by atoms with Crippen LogP contribution in [0.4, 0.5) is 20.5 Å². The summed E-state index contributed by atoms with van der Waals surface area (Å²) in [4.78, 5) is 11.4. The van der Waals surface area contributed by atoms with E-state index in [-0.39, 0.29) is 17.1 Å². The Morgan fingerprint density at radius 2 is 1.72 bits per heavy atom. The van der Waals surface area contributed by atoms with Gasteiger partial charge in [-0.1, -0.05) is 23.7 Å². The molecule has 0 amide bonds. The Morgan fingerprint density at radius 1 is 1.00 bits per heavy atom. The Labute approximate surface area is 192 Å². The number of halogens is 3. The third kappa shape index (κ3) is 5.10. The third-order valence-corrected chi connectivity index (χ3v) is 6.47. The molecule has 2 aromatic carbocycles. The molecule has 0 bridgehead atoms. The highest BCUT2D eigenvalue weighted by Gasteiger charge is 2.22. The zero-order chi connectivity index (χ0) is 22.7. The maximum absolute atomic E-state index is 13.9. The average molecular weight is 460 g/mol. The lowest BCUT2D eigenvalue weighted by Gasteiger charge is -2.29. The minimum atomic E-state index is -0.593. The smallest absolute Gasteiger partial charge is 0.225 e. The van der Waals surface area contributed by atoms with Crippen LogP contribution in [0.1, 0.15) is 31.2 Å². The van der Waals surface area contributed by atoms with Gasteiger partial charge in [0.2, 0.25) is 5.95 Å². The predicted octanol–water partition coefficient (Wildman–Crippen LogP) is 5.39. The van der Waals surface area contributed by atoms with Crippen molar-refractivity contribution in [1.29, 1.82) is 0 Å². The van der Waals surface area contributed by atoms with Gasteiger partial charge in [0.15, 0.2) is 0 Å². The third-order valence-electron chi connectivity index (χ3n) is 6.06. The maximum atomic E-state index is 13.9. The molecule has 1 fully saturated rings. The molecule has 3 aromatic rings. The molecule has 0 atom stereocenters. The number of benzene rings is 2. The van der Waals surface area contributed by atoms with Crippen LogP contribution in [-0.4, -0.2) is 36.6 Å². The van der Waals surface area contributed by atoms with Gasteiger partial charge in [-0.15, -0.1) is 0 Å². The first-order valence-electron chi connectivity index (χ1n) is 11.0. The minimum absolute atomic E-state index is 0.141. The molecular formula is C24H28ClF2N5. The maximum Gasteiger partial charge on any atom is 0.225 e. The van der Waals surface area contributed by atoms with Crippen molar-refractivity contribution in [2.75, 3.05) is 30.9 Å². The fourth-order valence-electron chi connectivity index (χ4n) is 4.29. The van der Waals surface area contributed by atoms with Crippen molar-refractivity contribution >= 4 is 34.3 Å². The topological polar surface area (TPSA) is 53.1 Å². The first-order valence-corrected chi connectivity index (χ1v) is 11.3. The molecule has 1 aliphatic rings. The fourth-order valence-corrected chi connectivity index (χ4v) is 4.51. The summed E-state index contributed by atoms with van der Waals surface area (Å²) in [7, 11) is 3.97. The van der Waals surface area contributed by atoms with Crippen molar-refractivity contribution in [3.05, 3.63) is 58.6 Å². The van der Waals surface area contributed by atoms with Crippen LogP contribution in [0.2, 0.25) is 5.02 Å². The van der Waals surface area contributed by atoms with Gasteiger partial charge in [0.05, 0.1) is 10.5 Å². The summed E-state index contributed by atoms with van der Waals surface area (Å²) >= 11 is 5.90. The van der Waals surface area contributed by atoms with Crippen LogP contribution in [0.5, 0.6) is 0 Å². The zero-order valence-electron chi connectivity index (χ0n) is 18.3. The molecule has 8 heteroatoms. The largest absolute Gasteiger partial charge is 0.362 e. The lowest BCUT2D eigenvalue weighted by molar-refractivity contribution is 0.323. The van der Waals surface area contributed by atoms with Crippen molar-refractivity contribution in [3.63, 3.8) is 0 Å². The van der Waals surface area contributed by atoms with E-state index >= 15 is 0 Å². The number of para-hydroxylation sites is 1. The van der Waals surface area contributed by atoms with E-state index in [4.69, 9.17) is 21.6 Å². The van der Waals surface area contributed by atoms with Crippen LogP contribution in [0, 0.1) is 17.6 Å². The van der Waals surface area contributed by atoms with Gasteiger partial charge in [-0.3, -0.25) is 0 Å². The first-order chi connectivity index (χ1) is 15.4. The van der Waals surface area contributed by atoms with Gasteiger partial charge >= 0.3 is 0 Å². The molecule has 0 unspecified atom stereocenters. The Hall–Kier alpha value is -2.51. The van der Waals surface area contributed by atoms with Gasteiger partial charge in [0.1, 0.15) is 17.5 Å². The van der Waals surface area contributed by atoms with Crippen LogP contribution in [0.15, 0.2) is 36.4 Å². The number of rotatable bonds is 7. The Morgan fingerprint density at radius 3 is 2.47 bits per heavy atom. The normalized spacial score (nSPS) is 18.7. The van der Waals surface area contributed by atoms with Gasteiger partial charge < -0.3 is 15.5 Å². The van der Waals surface area contributed by atoms with Gasteiger partial charge in [-0.2, -0.15) is 4.98 Å². The molecule has 0 spiro atoms. The number of fused-ring (bicyclic) bond motifs is 1. The molecule has 0 saturated heterocycles. The SMILES string of the molecule is CN(C)c1nc(N[C@H]2CC[C@@H](CNCc3c(F)ccc(F)c3Cl)CC2)nc2ccccc12. The zero-order valence-corrected chi connectivity index (χ0v) is 19.1. The minimum Gasteiger partial charge on any atom is -0.362 e. The quantitative estimate of drug-likeness (QED) is 0.464. The van der Waals surface area contributed by atoms with E-state index in [0.717, 1.165) is 61.1 Å². The molecule has 4 rings (SSSR count). The Balaban J connectivity index is 1.31. The lowest BCUT2D eigenvalue weighted by Crippen LogP contribution is -2.32. The van der Waals surface area contributed by atoms with Crippen LogP contribution in [-0.2, 0) is 6.54 Å². The van der Waals surface area contributed by atoms with Gasteiger partial charge in [-0.05, 0) is 62.4 Å². The molecule has 1 aromatic heterocycles. The van der Waals surface area contributed by atoms with Crippen LogP contribution >= 0.6 is 11.6 Å². The highest BCUT2D eigenvalue weighted by molar-refractivity contribution is 6.31. The summed E-state index contributed by atoms with van der Waals surface area (Å²) in [5.74, 6) is 0.969. The van der Waals surface area contributed by atoms with E-state index in [1.807, 2.05) is 43.3 Å². The standard InChI is InChI=1S/C24H28ClF2N5/c1-32(2)23-17-5-3-4-6-21(17)30-24(31-23)29-16-9-7-15(8-10-16)13-28-14-18-19(26)11-12-20(27)22(18)25/h3-6,11-12,15-16,28H,7-10,13-14H2,1-2H3,(H,29,30,31)/t15-,16+. The van der Waals surface area contributed by atoms with Crippen molar-refractivity contribution in [1.82, 2.24) is 15.3 Å². The number of anilines is 2. The van der Waals surface area contributed by atoms with Gasteiger partial charge in [-0.25, -0.2) is 13.8 Å². The van der Waals surface area contributed by atoms with Crippen LogP contribution in [0.25, 0.3) is 10.9 Å². The molecule has 2 N–H and O–H groups in total. The van der Waals surface area contributed by atoms with Crippen molar-refractivity contribution in [2.24, 2.45) is 5.92 Å². The highest BCUT2D eigenvalue weighted by Crippen LogP contribution is 2.28. The second-order valence-corrected chi connectivity index (χ2v) is 8.97. The molecule has 1 heterocycles. The van der Waals surface area contributed by atoms with Crippen LogP contribution in [0.3, 0.4) is 0 Å². The highest BCUT2D eigenvalue weighted by atomic mass is 35.5. The molecular weight excluding hydrogens is 432 g/mol. The first kappa shape index (κ1) is 22.7. The summed E-state index contributed by atoms with van der Waals surface area (Å²) in [6.07, 6.45) is 4.10. The Kier molecular flexibility index (Phi) is 7.06. The van der Waals surface area contributed by atoms with E-state index in [0.29, 0.717) is 17.9 Å². The summed E-state index contributed by atoms with van der Waals surface area (Å²) in [5, 5.41) is 7.65. The summed E-state index contributed by atoms with van der Waals surface area (Å²) in [6.45, 7) is 0.967. The molecule has 32 heavy (non-hydrogen) atoms. The number of aromatic nitrogens is 2. The second kappa shape index (κ2) is 9.96. The van der Waals surface area contributed by atoms with E-state index in [1.54, 1.807) is 0 Å². The van der Waals surface area contributed by atoms with Crippen molar-refractivity contribution in [3.8, 4) is 0 Å². The van der Waals surface area contributed by atoms with E-state index < -0.39 is 11.6 Å². The summed E-state index contributed by atoms with van der Waals surface area (Å²) in [6, 6.07) is 10.5. The van der Waals surface area contributed by atoms with E-state index in [1.165, 1.54) is 0 Å². The molecule has 0 aliphatic heterocycles. The molecule has 170 valence electrons. The molecule has 0 radical (unpaired) electrons. The fraction of sp³-hybridized carbons (Fsp3) is 0.417. The number of hydrogen-bond donors (Lipinski definition) is 2. The monoisotopic (exact) mass is 459 g/mol. The molecule has 1 aliphatic carbocycles. The Bertz CT molecular complexity index is 1080. The van der Waals surface area contributed by atoms with Gasteiger partial charge in [0.25, 0.3) is 0 Å². The van der Waals surface area contributed by atoms with Crippen molar-refractivity contribution in [2.45, 2.75) is 38.3 Å². The lowest BCUT2D eigenvalue weighted by atomic mass is 9.86. The number of hydrogen-bond acceptors (Lipinski definition) is 5. The number of nitrogens with zero attached hydrogens (tertiary/aromatic N) is 3. The van der Waals surface area contributed by atoms with E-state index in [2.05, 4.69) is 10.6 Å². The number of nitrogens with one attached hydrogen (secondary N) is 2. The second-order valence-electron chi connectivity index (χ2n) is 8.60. The van der Waals surface area contributed by atoms with Crippen molar-refractivity contribution < 1.29 is 8.78 Å². The predicted molar refractivity (Wildman–Crippen MR) is 126 cm³/mol. The summed E-state index contributed by atoms with van der Waals surface area (Å²) in [5.41, 5.74) is 1.11. The van der Waals surface area contributed by atoms with Crippen LogP contribution < -0.4 is 15.5 Å². The molecule has 1 saturated carbocycles. The summed E-state index contributed by atoms with van der Waals surface area (Å²) < 4.78 is 27.5. The average Bonchev–Trinajstić information content (AvgIpc) is 2.79.